The second-order valence-corrected chi connectivity index (χ2v) is 4.88. The quantitative estimate of drug-likeness (QED) is 0.257. The van der Waals surface area contributed by atoms with E-state index in [0.29, 0.717) is 6.54 Å². The molecule has 2 atom stereocenters. The van der Waals surface area contributed by atoms with E-state index in [0.717, 1.165) is 12.0 Å². The van der Waals surface area contributed by atoms with Crippen LogP contribution in [0.3, 0.4) is 0 Å². The van der Waals surface area contributed by atoms with Crippen molar-refractivity contribution in [3.8, 4) is 0 Å². The lowest BCUT2D eigenvalue weighted by Gasteiger charge is -2.52. The van der Waals surface area contributed by atoms with Crippen molar-refractivity contribution in [2.45, 2.75) is 24.9 Å². The lowest BCUT2D eigenvalue weighted by atomic mass is 9.75. The van der Waals surface area contributed by atoms with Gasteiger partial charge in [0, 0.05) is 11.5 Å². The van der Waals surface area contributed by atoms with Gasteiger partial charge in [0.2, 0.25) is 5.91 Å². The monoisotopic (exact) mass is 282 g/mol. The second-order valence-electron chi connectivity index (χ2n) is 4.88. The van der Waals surface area contributed by atoms with Gasteiger partial charge in [0.1, 0.15) is 0 Å². The summed E-state index contributed by atoms with van der Waals surface area (Å²) in [5.41, 5.74) is 8.69. The Morgan fingerprint density at radius 2 is 2.19 bits per heavy atom. The molecule has 0 radical (unpaired) electrons. The maximum absolute atomic E-state index is 12.5. The number of amides is 1. The fourth-order valence-electron chi connectivity index (χ4n) is 2.70. The molecule has 0 saturated carbocycles. The van der Waals surface area contributed by atoms with Crippen molar-refractivity contribution in [2.24, 2.45) is 5.11 Å². The van der Waals surface area contributed by atoms with Gasteiger partial charge in [0.05, 0.1) is 6.04 Å². The van der Waals surface area contributed by atoms with Gasteiger partial charge in [-0.1, -0.05) is 60.6 Å². The minimum Gasteiger partial charge on any atom is -0.329 e. The maximum atomic E-state index is 12.5. The lowest BCUT2D eigenvalue weighted by molar-refractivity contribution is -0.154. The van der Waals surface area contributed by atoms with Crippen LogP contribution in [0.1, 0.15) is 24.9 Å². The molecule has 21 heavy (non-hydrogen) atoms. The van der Waals surface area contributed by atoms with Crippen molar-refractivity contribution in [3.63, 3.8) is 0 Å². The molecular weight excluding hydrogens is 264 g/mol. The fraction of sp³-hybridized carbons (Fsp3) is 0.312. The third-order valence-corrected chi connectivity index (χ3v) is 3.59. The van der Waals surface area contributed by atoms with Crippen LogP contribution >= 0.6 is 0 Å². The van der Waals surface area contributed by atoms with E-state index in [1.807, 2.05) is 43.3 Å². The smallest absolute Gasteiger partial charge is 0.241 e. The van der Waals surface area contributed by atoms with Crippen LogP contribution in [0.2, 0.25) is 0 Å². The number of carbonyl (C=O) groups excluding carboxylic acids is 1. The van der Waals surface area contributed by atoms with Gasteiger partial charge in [-0.2, -0.15) is 0 Å². The minimum atomic E-state index is -1.16. The first-order chi connectivity index (χ1) is 10.2. The van der Waals surface area contributed by atoms with Gasteiger partial charge >= 0.3 is 0 Å². The maximum Gasteiger partial charge on any atom is 0.241 e. The summed E-state index contributed by atoms with van der Waals surface area (Å²) in [6.45, 7) is 6.09. The summed E-state index contributed by atoms with van der Waals surface area (Å²) in [6, 6.07) is 9.33. The number of likely N-dealkylation sites (tertiary alicyclic amines) is 1. The molecule has 1 amide bonds. The van der Waals surface area contributed by atoms with Gasteiger partial charge < -0.3 is 4.90 Å². The summed E-state index contributed by atoms with van der Waals surface area (Å²) in [5, 5.41) is 3.84. The van der Waals surface area contributed by atoms with Crippen LogP contribution in [-0.4, -0.2) is 22.9 Å². The Hall–Kier alpha value is -2.52. The van der Waals surface area contributed by atoms with E-state index < -0.39 is 5.54 Å². The van der Waals surface area contributed by atoms with Crippen molar-refractivity contribution >= 4 is 5.91 Å². The highest BCUT2D eigenvalue weighted by molar-refractivity contribution is 5.97. The number of allylic oxidation sites excluding steroid dienone is 1. The predicted molar refractivity (Wildman–Crippen MR) is 82.4 cm³/mol. The van der Waals surface area contributed by atoms with Crippen molar-refractivity contribution in [1.82, 2.24) is 4.90 Å². The van der Waals surface area contributed by atoms with E-state index in [9.17, 15) is 4.79 Å². The first-order valence-electron chi connectivity index (χ1n) is 6.92. The molecule has 108 valence electrons. The largest absolute Gasteiger partial charge is 0.329 e. The molecule has 0 aliphatic carbocycles. The molecule has 1 aliphatic rings. The summed E-state index contributed by atoms with van der Waals surface area (Å²) >= 11 is 0. The van der Waals surface area contributed by atoms with E-state index >= 15 is 0 Å². The molecule has 0 unspecified atom stereocenters. The van der Waals surface area contributed by atoms with E-state index in [1.165, 1.54) is 0 Å². The molecule has 5 heteroatoms. The van der Waals surface area contributed by atoms with Gasteiger partial charge in [0.25, 0.3) is 0 Å². The number of β-lactam (4-membered cyclic amide) rings is 1. The number of carbonyl (C=O) groups is 1. The molecule has 0 aromatic heterocycles. The van der Waals surface area contributed by atoms with Crippen LogP contribution in [-0.2, 0) is 4.79 Å². The highest BCUT2D eigenvalue weighted by atomic mass is 16.2. The SMILES string of the molecule is C=CCN1C(=O)[C@@](/C=C/CC)(N=[N+]=[N-])[C@@H]1c1ccccc1. The van der Waals surface area contributed by atoms with Gasteiger partial charge in [0.15, 0.2) is 5.54 Å². The molecule has 1 fully saturated rings. The Labute approximate surface area is 124 Å². The zero-order chi connectivity index (χ0) is 15.3. The predicted octanol–water partition coefficient (Wildman–Crippen LogP) is 3.77. The average molecular weight is 282 g/mol. The third-order valence-electron chi connectivity index (χ3n) is 3.59. The van der Waals surface area contributed by atoms with Crippen LogP contribution in [0.25, 0.3) is 10.4 Å². The van der Waals surface area contributed by atoms with Gasteiger partial charge in [-0.25, -0.2) is 0 Å². The van der Waals surface area contributed by atoms with E-state index in [1.54, 1.807) is 17.1 Å². The van der Waals surface area contributed by atoms with Crippen molar-refractivity contribution in [3.05, 3.63) is 71.1 Å². The first kappa shape index (κ1) is 14.9. The third kappa shape index (κ3) is 2.43. The standard InChI is InChI=1S/C16H18N4O/c1-3-5-11-16(18-19-17)14(13-9-7-6-8-10-13)20(12-4-2)15(16)21/h4-11,14H,2-3,12H2,1H3/b11-5+/t14-,16-/m0/s1. The highest BCUT2D eigenvalue weighted by Gasteiger charge is 2.59. The van der Waals surface area contributed by atoms with Crippen molar-refractivity contribution < 1.29 is 4.79 Å². The molecule has 1 aromatic rings. The molecule has 0 bridgehead atoms. The average Bonchev–Trinajstić information content (AvgIpc) is 2.52. The number of hydrogen-bond donors (Lipinski definition) is 0. The Kier molecular flexibility index (Phi) is 4.45. The van der Waals surface area contributed by atoms with Crippen molar-refractivity contribution in [2.75, 3.05) is 6.54 Å². The minimum absolute atomic E-state index is 0.182. The molecule has 5 nitrogen and oxygen atoms in total. The zero-order valence-electron chi connectivity index (χ0n) is 12.0. The summed E-state index contributed by atoms with van der Waals surface area (Å²) < 4.78 is 0. The number of nitrogens with zero attached hydrogens (tertiary/aromatic N) is 4. The van der Waals surface area contributed by atoms with E-state index in [4.69, 9.17) is 5.53 Å². The summed E-state index contributed by atoms with van der Waals surface area (Å²) in [6.07, 6.45) is 6.05. The molecular formula is C16H18N4O. The van der Waals surface area contributed by atoms with Crippen LogP contribution in [0.5, 0.6) is 0 Å². The highest BCUT2D eigenvalue weighted by Crippen LogP contribution is 2.47. The Balaban J connectivity index is 2.51. The lowest BCUT2D eigenvalue weighted by Crippen LogP contribution is -2.66. The van der Waals surface area contributed by atoms with E-state index in [2.05, 4.69) is 16.6 Å². The number of benzene rings is 1. The van der Waals surface area contributed by atoms with Gasteiger partial charge in [-0.3, -0.25) is 4.79 Å². The Bertz CT molecular complexity index is 604. The molecule has 1 saturated heterocycles. The topological polar surface area (TPSA) is 69.1 Å². The molecule has 1 aromatic carbocycles. The Morgan fingerprint density at radius 3 is 2.76 bits per heavy atom. The number of rotatable bonds is 6. The second kappa shape index (κ2) is 6.29. The van der Waals surface area contributed by atoms with Gasteiger partial charge in [-0.15, -0.1) is 6.58 Å². The molecule has 0 spiro atoms. The molecule has 0 N–H and O–H groups in total. The molecule has 1 aliphatic heterocycles. The fourth-order valence-corrected chi connectivity index (χ4v) is 2.70. The number of hydrogen-bond acceptors (Lipinski definition) is 2. The molecule has 1 heterocycles. The van der Waals surface area contributed by atoms with Crippen molar-refractivity contribution in [1.29, 1.82) is 0 Å². The van der Waals surface area contributed by atoms with Crippen LogP contribution in [0, 0.1) is 0 Å². The normalized spacial score (nSPS) is 24.5. The van der Waals surface area contributed by atoms with Gasteiger partial charge in [-0.05, 0) is 17.5 Å². The van der Waals surface area contributed by atoms with Crippen LogP contribution < -0.4 is 0 Å². The zero-order valence-corrected chi connectivity index (χ0v) is 12.0. The Morgan fingerprint density at radius 1 is 1.48 bits per heavy atom. The first-order valence-corrected chi connectivity index (χ1v) is 6.92. The molecule has 2 rings (SSSR count). The summed E-state index contributed by atoms with van der Waals surface area (Å²) in [5.74, 6) is -0.182. The number of azide groups is 1. The van der Waals surface area contributed by atoms with Crippen LogP contribution in [0.15, 0.2) is 60.3 Å². The summed E-state index contributed by atoms with van der Waals surface area (Å²) in [4.78, 5) is 17.1. The van der Waals surface area contributed by atoms with E-state index in [-0.39, 0.29) is 11.9 Å². The van der Waals surface area contributed by atoms with Crippen LogP contribution in [0.4, 0.5) is 0 Å². The summed E-state index contributed by atoms with van der Waals surface area (Å²) in [7, 11) is 0.